The number of aliphatic hydroxyl groups excluding tert-OH is 1. The van der Waals surface area contributed by atoms with Crippen LogP contribution in [0.2, 0.25) is 0 Å². The summed E-state index contributed by atoms with van der Waals surface area (Å²) in [5.74, 6) is 1.35. The summed E-state index contributed by atoms with van der Waals surface area (Å²) in [5, 5.41) is 9.79. The predicted molar refractivity (Wildman–Crippen MR) is 63.9 cm³/mol. The van der Waals surface area contributed by atoms with Crippen LogP contribution in [0.25, 0.3) is 0 Å². The van der Waals surface area contributed by atoms with Crippen LogP contribution in [0.15, 0.2) is 22.8 Å². The summed E-state index contributed by atoms with van der Waals surface area (Å²) >= 11 is 3.36. The highest BCUT2D eigenvalue weighted by Gasteiger charge is 2.24. The van der Waals surface area contributed by atoms with E-state index < -0.39 is 0 Å². The summed E-state index contributed by atoms with van der Waals surface area (Å²) in [6.07, 6.45) is 2.59. The Bertz CT molecular complexity index is 328. The molecule has 2 heterocycles. The maximum Gasteiger partial charge on any atom is 0.128 e. The van der Waals surface area contributed by atoms with Gasteiger partial charge in [0.15, 0.2) is 0 Å². The van der Waals surface area contributed by atoms with Gasteiger partial charge in [-0.25, -0.2) is 4.98 Å². The number of hydrogen-bond donors (Lipinski definition) is 1. The van der Waals surface area contributed by atoms with Gasteiger partial charge in [-0.3, -0.25) is 0 Å². The maximum atomic E-state index is 9.79. The van der Waals surface area contributed by atoms with Crippen LogP contribution in [-0.4, -0.2) is 29.3 Å². The zero-order valence-electron chi connectivity index (χ0n) is 8.73. The van der Waals surface area contributed by atoms with E-state index >= 15 is 0 Å². The van der Waals surface area contributed by atoms with Crippen molar-refractivity contribution in [3.63, 3.8) is 0 Å². The van der Waals surface area contributed by atoms with Crippen LogP contribution in [0.4, 0.5) is 5.82 Å². The van der Waals surface area contributed by atoms with Crippen molar-refractivity contribution in [2.75, 3.05) is 18.0 Å². The van der Waals surface area contributed by atoms with Crippen molar-refractivity contribution >= 4 is 21.7 Å². The fourth-order valence-corrected chi connectivity index (χ4v) is 2.05. The van der Waals surface area contributed by atoms with E-state index in [-0.39, 0.29) is 6.10 Å². The number of halogens is 1. The average Bonchev–Trinajstić information content (AvgIpc) is 2.23. The van der Waals surface area contributed by atoms with E-state index in [9.17, 15) is 5.11 Å². The van der Waals surface area contributed by atoms with E-state index in [0.29, 0.717) is 12.5 Å². The largest absolute Gasteiger partial charge is 0.391 e. The second-order valence-electron chi connectivity index (χ2n) is 4.11. The van der Waals surface area contributed by atoms with Crippen LogP contribution in [0.5, 0.6) is 0 Å². The lowest BCUT2D eigenvalue weighted by molar-refractivity contribution is 0.102. The lowest BCUT2D eigenvalue weighted by atomic mass is 9.96. The van der Waals surface area contributed by atoms with Crippen LogP contribution < -0.4 is 4.90 Å². The average molecular weight is 271 g/mol. The second kappa shape index (κ2) is 4.49. The third-order valence-electron chi connectivity index (χ3n) is 2.95. The molecule has 0 saturated carbocycles. The number of anilines is 1. The molecule has 1 aromatic heterocycles. The van der Waals surface area contributed by atoms with E-state index in [1.54, 1.807) is 6.20 Å². The highest BCUT2D eigenvalue weighted by molar-refractivity contribution is 9.10. The zero-order valence-corrected chi connectivity index (χ0v) is 10.3. The molecule has 0 aliphatic carbocycles. The van der Waals surface area contributed by atoms with Gasteiger partial charge in [0.1, 0.15) is 5.82 Å². The van der Waals surface area contributed by atoms with Gasteiger partial charge in [-0.1, -0.05) is 6.92 Å². The lowest BCUT2D eigenvalue weighted by Crippen LogP contribution is -2.43. The molecule has 3 nitrogen and oxygen atoms in total. The van der Waals surface area contributed by atoms with Crippen molar-refractivity contribution < 1.29 is 5.11 Å². The smallest absolute Gasteiger partial charge is 0.128 e. The van der Waals surface area contributed by atoms with Gasteiger partial charge in [0, 0.05) is 23.8 Å². The van der Waals surface area contributed by atoms with Gasteiger partial charge in [-0.05, 0) is 40.4 Å². The summed E-state index contributed by atoms with van der Waals surface area (Å²) in [4.78, 5) is 6.47. The molecule has 2 unspecified atom stereocenters. The van der Waals surface area contributed by atoms with Crippen molar-refractivity contribution in [2.45, 2.75) is 19.4 Å². The first kappa shape index (κ1) is 10.9. The first-order valence-electron chi connectivity index (χ1n) is 5.21. The minimum absolute atomic E-state index is 0.232. The minimum atomic E-state index is -0.232. The number of hydrogen-bond acceptors (Lipinski definition) is 3. The predicted octanol–water partition coefficient (Wildman–Crippen LogP) is 2.05. The molecule has 2 rings (SSSR count). The molecular formula is C11H15BrN2O. The zero-order chi connectivity index (χ0) is 10.8. The van der Waals surface area contributed by atoms with Gasteiger partial charge in [0.2, 0.25) is 0 Å². The van der Waals surface area contributed by atoms with E-state index in [2.05, 4.69) is 32.7 Å². The molecule has 1 fully saturated rings. The normalized spacial score (nSPS) is 26.7. The summed E-state index contributed by atoms with van der Waals surface area (Å²) < 4.78 is 0.983. The van der Waals surface area contributed by atoms with Crippen molar-refractivity contribution in [3.8, 4) is 0 Å². The number of nitrogens with zero attached hydrogens (tertiary/aromatic N) is 2. The molecule has 0 spiro atoms. The quantitative estimate of drug-likeness (QED) is 0.849. The molecule has 2 atom stereocenters. The number of pyridine rings is 1. The van der Waals surface area contributed by atoms with Crippen LogP contribution >= 0.6 is 15.9 Å². The molecule has 1 N–H and O–H groups in total. The summed E-state index contributed by atoms with van der Waals surface area (Å²) in [7, 11) is 0. The number of aliphatic hydroxyl groups is 1. The number of rotatable bonds is 1. The minimum Gasteiger partial charge on any atom is -0.391 e. The van der Waals surface area contributed by atoms with Crippen LogP contribution in [0, 0.1) is 5.92 Å². The van der Waals surface area contributed by atoms with Crippen molar-refractivity contribution in [3.05, 3.63) is 22.8 Å². The van der Waals surface area contributed by atoms with E-state index in [1.807, 2.05) is 12.1 Å². The van der Waals surface area contributed by atoms with Crippen molar-refractivity contribution in [2.24, 2.45) is 5.92 Å². The fraction of sp³-hybridized carbons (Fsp3) is 0.545. The Morgan fingerprint density at radius 1 is 1.53 bits per heavy atom. The number of β-amino-alcohol motifs (C(OH)–C–C–N with tert-alkyl or cyclic N) is 1. The third kappa shape index (κ3) is 2.49. The molecule has 1 saturated heterocycles. The van der Waals surface area contributed by atoms with Gasteiger partial charge in [0.05, 0.1) is 6.10 Å². The Kier molecular flexibility index (Phi) is 3.26. The standard InChI is InChI=1S/C11H15BrN2O/c1-8-4-5-14(7-10(8)15)11-3-2-9(12)6-13-11/h2-3,6,8,10,15H,4-5,7H2,1H3. The van der Waals surface area contributed by atoms with E-state index in [1.165, 1.54) is 0 Å². The van der Waals surface area contributed by atoms with Gasteiger partial charge in [-0.15, -0.1) is 0 Å². The van der Waals surface area contributed by atoms with Gasteiger partial charge in [-0.2, -0.15) is 0 Å². The highest BCUT2D eigenvalue weighted by atomic mass is 79.9. The highest BCUT2D eigenvalue weighted by Crippen LogP contribution is 2.22. The Labute approximate surface area is 98.3 Å². The van der Waals surface area contributed by atoms with Crippen LogP contribution in [0.1, 0.15) is 13.3 Å². The SMILES string of the molecule is CC1CCN(c2ccc(Br)cn2)CC1O. The van der Waals surface area contributed by atoms with Gasteiger partial charge < -0.3 is 10.0 Å². The van der Waals surface area contributed by atoms with Crippen molar-refractivity contribution in [1.82, 2.24) is 4.98 Å². The van der Waals surface area contributed by atoms with Gasteiger partial charge in [0.25, 0.3) is 0 Å². The summed E-state index contributed by atoms with van der Waals surface area (Å²) in [6.45, 7) is 3.76. The second-order valence-corrected chi connectivity index (χ2v) is 5.03. The molecular weight excluding hydrogens is 256 g/mol. The maximum absolute atomic E-state index is 9.79. The van der Waals surface area contributed by atoms with Crippen LogP contribution in [-0.2, 0) is 0 Å². The first-order valence-corrected chi connectivity index (χ1v) is 6.00. The molecule has 0 radical (unpaired) electrons. The lowest BCUT2D eigenvalue weighted by Gasteiger charge is -2.35. The van der Waals surface area contributed by atoms with Crippen molar-refractivity contribution in [1.29, 1.82) is 0 Å². The molecule has 1 aliphatic heterocycles. The topological polar surface area (TPSA) is 36.4 Å². The monoisotopic (exact) mass is 270 g/mol. The van der Waals surface area contributed by atoms with E-state index in [4.69, 9.17) is 0 Å². The molecule has 82 valence electrons. The Morgan fingerprint density at radius 3 is 2.93 bits per heavy atom. The summed E-state index contributed by atoms with van der Waals surface area (Å²) in [6, 6.07) is 3.96. The molecule has 0 amide bonds. The Morgan fingerprint density at radius 2 is 2.33 bits per heavy atom. The molecule has 0 bridgehead atoms. The summed E-state index contributed by atoms with van der Waals surface area (Å²) in [5.41, 5.74) is 0. The molecule has 1 aliphatic rings. The van der Waals surface area contributed by atoms with Crippen LogP contribution in [0.3, 0.4) is 0 Å². The number of aromatic nitrogens is 1. The van der Waals surface area contributed by atoms with Gasteiger partial charge >= 0.3 is 0 Å². The fourth-order valence-electron chi connectivity index (χ4n) is 1.81. The Balaban J connectivity index is 2.08. The molecule has 1 aromatic rings. The third-order valence-corrected chi connectivity index (χ3v) is 3.42. The molecule has 4 heteroatoms. The molecule has 15 heavy (non-hydrogen) atoms. The molecule has 0 aromatic carbocycles. The van der Waals surface area contributed by atoms with E-state index in [0.717, 1.165) is 23.3 Å². The Hall–Kier alpha value is -0.610. The number of piperidine rings is 1. The first-order chi connectivity index (χ1) is 7.16.